The van der Waals surface area contributed by atoms with Gasteiger partial charge in [-0.25, -0.2) is 9.59 Å². The van der Waals surface area contributed by atoms with Gasteiger partial charge in [0, 0.05) is 32.7 Å². The number of halogens is 4. The summed E-state index contributed by atoms with van der Waals surface area (Å²) in [6.45, 7) is 4.85. The highest BCUT2D eigenvalue weighted by Gasteiger charge is 2.45. The summed E-state index contributed by atoms with van der Waals surface area (Å²) in [5.74, 6) is -2.21. The number of carboxylic acid groups (broad SMARTS) is 2. The molecule has 3 N–H and O–H groups in total. The number of hydrogen-bond acceptors (Lipinski definition) is 5. The van der Waals surface area contributed by atoms with Crippen LogP contribution in [0.3, 0.4) is 0 Å². The number of quaternary nitrogens is 1. The Morgan fingerprint density at radius 1 is 0.487 bits per heavy atom. The summed E-state index contributed by atoms with van der Waals surface area (Å²) in [5.41, 5.74) is 9.48. The molecule has 0 spiro atoms. The number of rotatable bonds is 13. The number of carbonyl (C=O) groups is 2. The van der Waals surface area contributed by atoms with E-state index in [4.69, 9.17) is 46.4 Å². The molecule has 0 saturated carbocycles. The average Bonchev–Trinajstić information content (AvgIpc) is 3.43. The molecular weight excluding hydrogens is 1030 g/mol. The Hall–Kier alpha value is -6.30. The lowest BCUT2D eigenvalue weighted by Crippen LogP contribution is -2.50. The molecular formula is C64H63Cl4N4O4+. The Balaban J connectivity index is 0.000000176. The minimum atomic E-state index is -1.10. The van der Waals surface area contributed by atoms with Crippen LogP contribution in [0.5, 0.6) is 0 Å². The summed E-state index contributed by atoms with van der Waals surface area (Å²) >= 11 is 25.9. The standard InChI is InChI=1S/2C29H23Cl2NO2.C6H17N2/c2*30-25-18-20-19-32(17-16-24(20)27(31)26(25)28(33)34)29(21-10-4-1-5-11-21,22-12-6-2-7-13-22)23-14-8-3-9-15-23;1-7-5-6-8(2,3)4/h2*1-15,18H,16-17,19H2,(H,33,34);7H,5-6H2,1-4H3/q;;+1. The van der Waals surface area contributed by atoms with Crippen molar-refractivity contribution in [2.75, 3.05) is 54.4 Å². The van der Waals surface area contributed by atoms with Gasteiger partial charge in [-0.05, 0) is 87.7 Å². The van der Waals surface area contributed by atoms with E-state index >= 15 is 0 Å². The first kappa shape index (κ1) is 55.9. The molecule has 0 fully saturated rings. The Morgan fingerprint density at radius 2 is 0.750 bits per heavy atom. The van der Waals surface area contributed by atoms with Gasteiger partial charge in [0.15, 0.2) is 0 Å². The molecule has 2 aliphatic rings. The largest absolute Gasteiger partial charge is 0.478 e. The van der Waals surface area contributed by atoms with Crippen LogP contribution in [-0.4, -0.2) is 90.8 Å². The highest BCUT2D eigenvalue weighted by Crippen LogP contribution is 2.48. The first-order valence-electron chi connectivity index (χ1n) is 25.4. The van der Waals surface area contributed by atoms with Crippen molar-refractivity contribution in [1.82, 2.24) is 15.1 Å². The third kappa shape index (κ3) is 11.7. The van der Waals surface area contributed by atoms with E-state index in [2.05, 4.69) is 182 Å². The summed E-state index contributed by atoms with van der Waals surface area (Å²) in [5, 5.41) is 23.1. The van der Waals surface area contributed by atoms with Crippen LogP contribution in [0.25, 0.3) is 0 Å². The molecule has 2 heterocycles. The fraction of sp³-hybridized carbons (Fsp3) is 0.219. The maximum absolute atomic E-state index is 11.7. The van der Waals surface area contributed by atoms with Crippen LogP contribution in [0.15, 0.2) is 194 Å². The maximum atomic E-state index is 11.7. The maximum Gasteiger partial charge on any atom is 0.338 e. The van der Waals surface area contributed by atoms with Gasteiger partial charge in [-0.3, -0.25) is 9.80 Å². The number of hydrogen-bond donors (Lipinski definition) is 3. The zero-order valence-corrected chi connectivity index (χ0v) is 46.2. The Labute approximate surface area is 467 Å². The molecule has 12 heteroatoms. The molecule has 76 heavy (non-hydrogen) atoms. The predicted octanol–water partition coefficient (Wildman–Crippen LogP) is 14.0. The van der Waals surface area contributed by atoms with Crippen molar-refractivity contribution >= 4 is 58.3 Å². The zero-order valence-electron chi connectivity index (χ0n) is 43.2. The second-order valence-corrected chi connectivity index (χ2v) is 21.6. The van der Waals surface area contributed by atoms with Gasteiger partial charge in [-0.1, -0.05) is 228 Å². The second-order valence-electron chi connectivity index (χ2n) is 20.1. The van der Waals surface area contributed by atoms with Crippen LogP contribution in [0.1, 0.15) is 76.4 Å². The van der Waals surface area contributed by atoms with E-state index < -0.39 is 23.0 Å². The van der Waals surface area contributed by atoms with Crippen molar-refractivity contribution in [2.24, 2.45) is 0 Å². The van der Waals surface area contributed by atoms with Gasteiger partial charge in [-0.2, -0.15) is 0 Å². The molecule has 0 atom stereocenters. The normalized spacial score (nSPS) is 13.7. The van der Waals surface area contributed by atoms with Crippen molar-refractivity contribution in [3.05, 3.63) is 281 Å². The van der Waals surface area contributed by atoms with Crippen LogP contribution in [-0.2, 0) is 37.0 Å². The SMILES string of the molecule is CNCC[N+](C)(C)C.O=C(O)c1c(Cl)cc2c(c1Cl)CCN(C(c1ccccc1)(c1ccccc1)c1ccccc1)C2.O=C(O)c1c(Cl)cc2c(c1Cl)CCN(C(c1ccccc1)(c1ccccc1)c1ccccc1)C2. The first-order valence-corrected chi connectivity index (χ1v) is 26.9. The number of fused-ring (bicyclic) bond motifs is 2. The summed E-state index contributed by atoms with van der Waals surface area (Å²) in [6, 6.07) is 66.6. The van der Waals surface area contributed by atoms with E-state index in [0.717, 1.165) is 66.7 Å². The fourth-order valence-corrected chi connectivity index (χ4v) is 12.4. The van der Waals surface area contributed by atoms with Crippen molar-refractivity contribution in [3.8, 4) is 0 Å². The third-order valence-corrected chi connectivity index (χ3v) is 15.8. The van der Waals surface area contributed by atoms with Gasteiger partial charge in [0.2, 0.25) is 0 Å². The molecule has 0 radical (unpaired) electrons. The van der Waals surface area contributed by atoms with Crippen molar-refractivity contribution in [2.45, 2.75) is 37.0 Å². The third-order valence-electron chi connectivity index (χ3n) is 14.4. The Kier molecular flexibility index (Phi) is 18.2. The van der Waals surface area contributed by atoms with Gasteiger partial charge in [0.25, 0.3) is 0 Å². The van der Waals surface area contributed by atoms with E-state index in [9.17, 15) is 19.8 Å². The zero-order chi connectivity index (χ0) is 54.0. The lowest BCUT2D eigenvalue weighted by molar-refractivity contribution is -0.869. The van der Waals surface area contributed by atoms with E-state index in [1.807, 2.05) is 43.4 Å². The molecule has 8 nitrogen and oxygen atoms in total. The number of benzene rings is 8. The number of likely N-dealkylation sites (N-methyl/N-ethyl adjacent to an activating group) is 2. The molecule has 2 aliphatic heterocycles. The van der Waals surface area contributed by atoms with Crippen molar-refractivity contribution in [3.63, 3.8) is 0 Å². The number of carboxylic acids is 2. The van der Waals surface area contributed by atoms with Crippen molar-refractivity contribution in [1.29, 1.82) is 0 Å². The lowest BCUT2D eigenvalue weighted by atomic mass is 9.74. The van der Waals surface area contributed by atoms with Gasteiger partial charge >= 0.3 is 11.9 Å². The average molecular weight is 1090 g/mol. The second kappa shape index (κ2) is 24.8. The molecule has 8 aromatic rings. The van der Waals surface area contributed by atoms with Crippen LogP contribution in [0.2, 0.25) is 20.1 Å². The minimum absolute atomic E-state index is 0.0176. The quantitative estimate of drug-likeness (QED) is 0.0782. The molecule has 390 valence electrons. The van der Waals surface area contributed by atoms with Crippen LogP contribution < -0.4 is 5.32 Å². The Morgan fingerprint density at radius 3 is 0.961 bits per heavy atom. The molecule has 0 unspecified atom stereocenters. The van der Waals surface area contributed by atoms with Gasteiger partial charge < -0.3 is 20.0 Å². The van der Waals surface area contributed by atoms with Crippen LogP contribution in [0, 0.1) is 0 Å². The predicted molar refractivity (Wildman–Crippen MR) is 310 cm³/mol. The van der Waals surface area contributed by atoms with E-state index in [1.165, 1.54) is 6.54 Å². The summed E-state index contributed by atoms with van der Waals surface area (Å²) < 4.78 is 1.04. The molecule has 0 bridgehead atoms. The highest BCUT2D eigenvalue weighted by atomic mass is 35.5. The summed E-state index contributed by atoms with van der Waals surface area (Å²) in [6.07, 6.45) is 1.25. The van der Waals surface area contributed by atoms with Gasteiger partial charge in [0.1, 0.15) is 0 Å². The summed E-state index contributed by atoms with van der Waals surface area (Å²) in [7, 11) is 8.56. The fourth-order valence-electron chi connectivity index (χ4n) is 10.9. The van der Waals surface area contributed by atoms with Crippen LogP contribution >= 0.6 is 46.4 Å². The molecule has 8 aromatic carbocycles. The molecule has 0 amide bonds. The number of aromatic carboxylic acids is 2. The van der Waals surface area contributed by atoms with Crippen molar-refractivity contribution < 1.29 is 24.3 Å². The smallest absolute Gasteiger partial charge is 0.338 e. The van der Waals surface area contributed by atoms with Gasteiger partial charge in [-0.15, -0.1) is 0 Å². The summed E-state index contributed by atoms with van der Waals surface area (Å²) in [4.78, 5) is 28.3. The van der Waals surface area contributed by atoms with Gasteiger partial charge in [0.05, 0.1) is 70.0 Å². The topological polar surface area (TPSA) is 93.1 Å². The van der Waals surface area contributed by atoms with Crippen LogP contribution in [0.4, 0.5) is 0 Å². The minimum Gasteiger partial charge on any atom is -0.478 e. The molecule has 0 aromatic heterocycles. The molecule has 0 aliphatic carbocycles. The highest BCUT2D eigenvalue weighted by molar-refractivity contribution is 6.40. The molecule has 10 rings (SSSR count). The van der Waals surface area contributed by atoms with E-state index in [0.29, 0.717) is 39.0 Å². The van der Waals surface area contributed by atoms with E-state index in [1.54, 1.807) is 12.1 Å². The lowest BCUT2D eigenvalue weighted by Gasteiger charge is -2.47. The monoisotopic (exact) mass is 1090 g/mol. The van der Waals surface area contributed by atoms with E-state index in [-0.39, 0.29) is 31.2 Å². The number of nitrogens with one attached hydrogen (secondary N) is 1. The first-order chi connectivity index (χ1) is 36.6. The Bertz CT molecular complexity index is 2830. The molecule has 0 saturated heterocycles. The number of nitrogens with zero attached hydrogens (tertiary/aromatic N) is 3.